The molecule has 1 atom stereocenters. The molecule has 3 rings (SSSR count). The second-order valence-electron chi connectivity index (χ2n) is 5.79. The van der Waals surface area contributed by atoms with Gasteiger partial charge in [0.1, 0.15) is 18.1 Å². The SMILES string of the molecule is COc1ccc(C[NH+](C)Cn2nc(-c3ccccc3F)oc2=S)cc1. The third-order valence-electron chi connectivity index (χ3n) is 3.80. The van der Waals surface area contributed by atoms with Crippen molar-refractivity contribution in [2.75, 3.05) is 14.2 Å². The monoisotopic (exact) mass is 360 g/mol. The maximum absolute atomic E-state index is 13.9. The normalized spacial score (nSPS) is 12.1. The molecule has 1 heterocycles. The van der Waals surface area contributed by atoms with Crippen LogP contribution in [0.15, 0.2) is 52.9 Å². The van der Waals surface area contributed by atoms with Gasteiger partial charge in [-0.1, -0.05) is 12.1 Å². The molecule has 0 amide bonds. The van der Waals surface area contributed by atoms with Gasteiger partial charge in [0, 0.05) is 5.56 Å². The Labute approximate surface area is 150 Å². The Balaban J connectivity index is 1.72. The zero-order chi connectivity index (χ0) is 17.8. The summed E-state index contributed by atoms with van der Waals surface area (Å²) in [6.07, 6.45) is 0. The van der Waals surface area contributed by atoms with Crippen LogP contribution in [0.25, 0.3) is 11.5 Å². The van der Waals surface area contributed by atoms with Gasteiger partial charge in [-0.05, 0) is 48.6 Å². The third-order valence-corrected chi connectivity index (χ3v) is 4.09. The van der Waals surface area contributed by atoms with E-state index in [0.29, 0.717) is 12.2 Å². The minimum atomic E-state index is -0.384. The molecule has 0 aliphatic heterocycles. The largest absolute Gasteiger partial charge is 0.497 e. The van der Waals surface area contributed by atoms with Crippen molar-refractivity contribution in [1.82, 2.24) is 9.78 Å². The fourth-order valence-corrected chi connectivity index (χ4v) is 2.74. The molecule has 0 saturated carbocycles. The third kappa shape index (κ3) is 4.12. The van der Waals surface area contributed by atoms with Crippen molar-refractivity contribution in [1.29, 1.82) is 0 Å². The predicted octanol–water partition coefficient (Wildman–Crippen LogP) is 2.69. The molecule has 0 radical (unpaired) electrons. The van der Waals surface area contributed by atoms with E-state index in [1.54, 1.807) is 30.0 Å². The van der Waals surface area contributed by atoms with E-state index in [-0.39, 0.29) is 16.5 Å². The highest BCUT2D eigenvalue weighted by Gasteiger charge is 2.14. The minimum absolute atomic E-state index is 0.195. The van der Waals surface area contributed by atoms with Crippen LogP contribution in [-0.2, 0) is 13.2 Å². The van der Waals surface area contributed by atoms with Crippen LogP contribution in [0.4, 0.5) is 4.39 Å². The molecule has 25 heavy (non-hydrogen) atoms. The van der Waals surface area contributed by atoms with E-state index in [1.807, 2.05) is 31.3 Å². The van der Waals surface area contributed by atoms with Crippen molar-refractivity contribution >= 4 is 12.2 Å². The Morgan fingerprint density at radius 3 is 2.60 bits per heavy atom. The first-order valence-electron chi connectivity index (χ1n) is 7.84. The Hall–Kier alpha value is -2.51. The molecule has 0 spiro atoms. The summed E-state index contributed by atoms with van der Waals surface area (Å²) in [5.74, 6) is 0.639. The summed E-state index contributed by atoms with van der Waals surface area (Å²) in [7, 11) is 3.68. The number of methoxy groups -OCH3 is 1. The number of aromatic nitrogens is 2. The van der Waals surface area contributed by atoms with Gasteiger partial charge in [-0.25, -0.2) is 4.39 Å². The summed E-state index contributed by atoms with van der Waals surface area (Å²) >= 11 is 5.21. The van der Waals surface area contributed by atoms with Crippen LogP contribution in [-0.4, -0.2) is 23.9 Å². The van der Waals surface area contributed by atoms with Gasteiger partial charge in [-0.2, -0.15) is 4.68 Å². The molecule has 0 saturated heterocycles. The molecule has 1 N–H and O–H groups in total. The van der Waals surface area contributed by atoms with Gasteiger partial charge < -0.3 is 14.1 Å². The first-order valence-corrected chi connectivity index (χ1v) is 8.24. The lowest BCUT2D eigenvalue weighted by atomic mass is 10.2. The van der Waals surface area contributed by atoms with Gasteiger partial charge in [-0.15, -0.1) is 5.10 Å². The molecular formula is C18H19FN3O2S+. The number of ether oxygens (including phenoxy) is 1. The number of hydrogen-bond acceptors (Lipinski definition) is 4. The summed E-state index contributed by atoms with van der Waals surface area (Å²) < 4.78 is 26.1. The number of quaternary nitrogens is 1. The molecule has 2 aromatic carbocycles. The molecule has 5 nitrogen and oxygen atoms in total. The van der Waals surface area contributed by atoms with E-state index in [2.05, 4.69) is 5.10 Å². The summed E-state index contributed by atoms with van der Waals surface area (Å²) in [5.41, 5.74) is 1.47. The van der Waals surface area contributed by atoms with Crippen LogP contribution in [0.1, 0.15) is 5.56 Å². The second-order valence-corrected chi connectivity index (χ2v) is 6.14. The Morgan fingerprint density at radius 1 is 1.20 bits per heavy atom. The molecule has 0 aliphatic rings. The van der Waals surface area contributed by atoms with Gasteiger partial charge in [0.15, 0.2) is 6.67 Å². The smallest absolute Gasteiger partial charge is 0.292 e. The average Bonchev–Trinajstić information content (AvgIpc) is 2.96. The average molecular weight is 360 g/mol. The minimum Gasteiger partial charge on any atom is -0.497 e. The lowest BCUT2D eigenvalue weighted by Crippen LogP contribution is -3.07. The van der Waals surface area contributed by atoms with Gasteiger partial charge in [0.2, 0.25) is 5.89 Å². The van der Waals surface area contributed by atoms with E-state index in [9.17, 15) is 4.39 Å². The van der Waals surface area contributed by atoms with Gasteiger partial charge >= 0.3 is 0 Å². The highest BCUT2D eigenvalue weighted by Crippen LogP contribution is 2.20. The quantitative estimate of drug-likeness (QED) is 0.687. The van der Waals surface area contributed by atoms with E-state index >= 15 is 0 Å². The first kappa shape index (κ1) is 17.3. The fourth-order valence-electron chi connectivity index (χ4n) is 2.55. The molecular weight excluding hydrogens is 341 g/mol. The Morgan fingerprint density at radius 2 is 1.92 bits per heavy atom. The zero-order valence-corrected chi connectivity index (χ0v) is 14.8. The molecule has 0 bridgehead atoms. The highest BCUT2D eigenvalue weighted by atomic mass is 32.1. The predicted molar refractivity (Wildman–Crippen MR) is 94.3 cm³/mol. The fraction of sp³-hybridized carbons (Fsp3) is 0.222. The van der Waals surface area contributed by atoms with Crippen LogP contribution < -0.4 is 9.64 Å². The lowest BCUT2D eigenvalue weighted by Gasteiger charge is -2.13. The van der Waals surface area contributed by atoms with Crippen molar-refractivity contribution < 1.29 is 18.4 Å². The molecule has 3 aromatic rings. The number of hydrogen-bond donors (Lipinski definition) is 1. The van der Waals surface area contributed by atoms with Crippen LogP contribution >= 0.6 is 12.2 Å². The zero-order valence-electron chi connectivity index (χ0n) is 14.0. The Kier molecular flexibility index (Phi) is 5.25. The molecule has 0 aliphatic carbocycles. The van der Waals surface area contributed by atoms with Crippen molar-refractivity contribution in [3.8, 4) is 17.2 Å². The molecule has 1 aromatic heterocycles. The lowest BCUT2D eigenvalue weighted by molar-refractivity contribution is -0.917. The van der Waals surface area contributed by atoms with Crippen molar-refractivity contribution in [2.45, 2.75) is 13.2 Å². The molecule has 0 fully saturated rings. The van der Waals surface area contributed by atoms with Crippen LogP contribution in [0.5, 0.6) is 5.75 Å². The summed E-state index contributed by atoms with van der Waals surface area (Å²) in [5, 5.41) is 4.31. The number of rotatable bonds is 6. The van der Waals surface area contributed by atoms with Crippen molar-refractivity contribution in [3.63, 3.8) is 0 Å². The maximum atomic E-state index is 13.9. The number of benzene rings is 2. The van der Waals surface area contributed by atoms with Crippen LogP contribution in [0, 0.1) is 10.7 Å². The second kappa shape index (κ2) is 7.58. The van der Waals surface area contributed by atoms with Crippen LogP contribution in [0.3, 0.4) is 0 Å². The van der Waals surface area contributed by atoms with Crippen LogP contribution in [0.2, 0.25) is 0 Å². The topological polar surface area (TPSA) is 44.6 Å². The number of halogens is 1. The van der Waals surface area contributed by atoms with Gasteiger partial charge in [0.25, 0.3) is 4.84 Å². The Bertz CT molecular complexity index is 905. The first-order chi connectivity index (χ1) is 12.1. The standard InChI is InChI=1S/C18H18FN3O2S/c1-21(11-13-7-9-14(23-2)10-8-13)12-22-18(25)24-17(20-22)15-5-3-4-6-16(15)19/h3-10H,11-12H2,1-2H3/p+1. The van der Waals surface area contributed by atoms with E-state index in [4.69, 9.17) is 21.4 Å². The molecule has 7 heteroatoms. The maximum Gasteiger partial charge on any atom is 0.292 e. The summed E-state index contributed by atoms with van der Waals surface area (Å²) in [4.78, 5) is 1.39. The van der Waals surface area contributed by atoms with E-state index in [1.165, 1.54) is 11.6 Å². The summed E-state index contributed by atoms with van der Waals surface area (Å²) in [6, 6.07) is 14.3. The number of nitrogens with one attached hydrogen (secondary N) is 1. The van der Waals surface area contributed by atoms with Gasteiger partial charge in [-0.3, -0.25) is 0 Å². The van der Waals surface area contributed by atoms with Crippen molar-refractivity contribution in [2.24, 2.45) is 0 Å². The molecule has 130 valence electrons. The number of nitrogens with zero attached hydrogens (tertiary/aromatic N) is 2. The highest BCUT2D eigenvalue weighted by molar-refractivity contribution is 7.71. The van der Waals surface area contributed by atoms with E-state index in [0.717, 1.165) is 17.2 Å². The van der Waals surface area contributed by atoms with E-state index < -0.39 is 0 Å². The van der Waals surface area contributed by atoms with Crippen molar-refractivity contribution in [3.05, 3.63) is 64.7 Å². The molecule has 1 unspecified atom stereocenters. The summed E-state index contributed by atoms with van der Waals surface area (Å²) in [6.45, 7) is 1.30. The van der Waals surface area contributed by atoms with Gasteiger partial charge in [0.05, 0.1) is 19.7 Å².